The molecule has 0 atom stereocenters. The van der Waals surface area contributed by atoms with E-state index in [4.69, 9.17) is 5.11 Å². The molecule has 1 aromatic carbocycles. The number of thioether (sulfide) groups is 1. The molecule has 0 heterocycles. The normalized spacial score (nSPS) is 11.6. The van der Waals surface area contributed by atoms with E-state index in [2.05, 4.69) is 4.74 Å². The van der Waals surface area contributed by atoms with Gasteiger partial charge in [0.05, 0.1) is 12.2 Å². The molecular weight excluding hydrogens is 288 g/mol. The van der Waals surface area contributed by atoms with Crippen molar-refractivity contribution in [3.05, 3.63) is 29.6 Å². The summed E-state index contributed by atoms with van der Waals surface area (Å²) in [5, 5.41) is 8.72. The van der Waals surface area contributed by atoms with Crippen LogP contribution in [-0.4, -0.2) is 36.2 Å². The average Bonchev–Trinajstić information content (AvgIpc) is 2.29. The van der Waals surface area contributed by atoms with E-state index in [0.717, 1.165) is 30.0 Å². The van der Waals surface area contributed by atoms with E-state index >= 15 is 0 Å². The van der Waals surface area contributed by atoms with Gasteiger partial charge in [0.1, 0.15) is 12.4 Å². The van der Waals surface area contributed by atoms with Crippen molar-refractivity contribution in [2.24, 2.45) is 0 Å². The minimum absolute atomic E-state index is 0.0653. The van der Waals surface area contributed by atoms with Gasteiger partial charge < -0.3 is 9.84 Å². The predicted molar refractivity (Wildman–Crippen MR) is 61.0 cm³/mol. The molecule has 1 aromatic rings. The van der Waals surface area contributed by atoms with E-state index < -0.39 is 24.6 Å². The van der Waals surface area contributed by atoms with Crippen LogP contribution in [0, 0.1) is 5.82 Å². The highest BCUT2D eigenvalue weighted by Crippen LogP contribution is 2.23. The molecule has 0 aliphatic heterocycles. The first kappa shape index (κ1) is 15.8. The summed E-state index contributed by atoms with van der Waals surface area (Å²) in [5.74, 6) is -1.73. The number of ether oxygens (including phenoxy) is 1. The number of hydrogen-bond acceptors (Lipinski definition) is 3. The van der Waals surface area contributed by atoms with Crippen LogP contribution < -0.4 is 0 Å². The highest BCUT2D eigenvalue weighted by molar-refractivity contribution is 7.99. The van der Waals surface area contributed by atoms with Crippen LogP contribution in [0.3, 0.4) is 0 Å². The number of benzene rings is 1. The van der Waals surface area contributed by atoms with Crippen molar-refractivity contribution in [2.75, 3.05) is 19.0 Å². The summed E-state index contributed by atoms with van der Waals surface area (Å²) >= 11 is 0.899. The molecule has 0 unspecified atom stereocenters. The second-order valence-electron chi connectivity index (χ2n) is 3.47. The van der Waals surface area contributed by atoms with Gasteiger partial charge in [-0.25, -0.2) is 9.18 Å². The lowest BCUT2D eigenvalue weighted by molar-refractivity contribution is -0.172. The van der Waals surface area contributed by atoms with E-state index in [1.54, 1.807) is 0 Å². The molecule has 0 saturated carbocycles. The van der Waals surface area contributed by atoms with Crippen LogP contribution in [0.25, 0.3) is 0 Å². The molecule has 0 aromatic heterocycles. The number of carboxylic acid groups (broad SMARTS) is 1. The van der Waals surface area contributed by atoms with Gasteiger partial charge in [-0.1, -0.05) is 0 Å². The van der Waals surface area contributed by atoms with Gasteiger partial charge in [-0.15, -0.1) is 11.8 Å². The maximum absolute atomic E-state index is 13.3. The molecule has 0 saturated heterocycles. The number of hydrogen-bond donors (Lipinski definition) is 1. The van der Waals surface area contributed by atoms with E-state index in [9.17, 15) is 22.4 Å². The van der Waals surface area contributed by atoms with Crippen LogP contribution in [0.15, 0.2) is 23.1 Å². The van der Waals surface area contributed by atoms with Crippen molar-refractivity contribution in [1.82, 2.24) is 0 Å². The summed E-state index contributed by atoms with van der Waals surface area (Å²) in [6.07, 6.45) is -4.39. The third kappa shape index (κ3) is 5.93. The van der Waals surface area contributed by atoms with Crippen molar-refractivity contribution in [2.45, 2.75) is 11.1 Å². The van der Waals surface area contributed by atoms with Gasteiger partial charge in [0.2, 0.25) is 0 Å². The van der Waals surface area contributed by atoms with Gasteiger partial charge in [0, 0.05) is 10.6 Å². The van der Waals surface area contributed by atoms with Crippen LogP contribution in [0.2, 0.25) is 0 Å². The number of carbonyl (C=O) groups is 1. The van der Waals surface area contributed by atoms with Crippen LogP contribution in [0.5, 0.6) is 0 Å². The highest BCUT2D eigenvalue weighted by Gasteiger charge is 2.27. The first-order valence-electron chi connectivity index (χ1n) is 5.10. The van der Waals surface area contributed by atoms with Gasteiger partial charge >= 0.3 is 12.1 Å². The zero-order valence-corrected chi connectivity index (χ0v) is 10.4. The first-order chi connectivity index (χ1) is 8.79. The molecule has 0 radical (unpaired) electrons. The molecule has 0 fully saturated rings. The zero-order chi connectivity index (χ0) is 14.5. The largest absolute Gasteiger partial charge is 0.478 e. The molecule has 19 heavy (non-hydrogen) atoms. The molecule has 0 amide bonds. The van der Waals surface area contributed by atoms with Gasteiger partial charge in [0.25, 0.3) is 0 Å². The Kier molecular flexibility index (Phi) is 5.61. The van der Waals surface area contributed by atoms with Crippen molar-refractivity contribution >= 4 is 17.7 Å². The Morgan fingerprint density at radius 3 is 2.63 bits per heavy atom. The van der Waals surface area contributed by atoms with E-state index in [0.29, 0.717) is 0 Å². The van der Waals surface area contributed by atoms with Crippen LogP contribution in [0.4, 0.5) is 17.6 Å². The third-order valence-corrected chi connectivity index (χ3v) is 2.92. The predicted octanol–water partition coefficient (Wildman–Crippen LogP) is 3.19. The van der Waals surface area contributed by atoms with Crippen LogP contribution in [-0.2, 0) is 4.74 Å². The minimum Gasteiger partial charge on any atom is -0.478 e. The Bertz CT molecular complexity index is 448. The van der Waals surface area contributed by atoms with Gasteiger partial charge in [-0.3, -0.25) is 0 Å². The summed E-state index contributed by atoms with van der Waals surface area (Å²) in [6, 6.07) is 3.25. The number of halogens is 4. The van der Waals surface area contributed by atoms with Crippen molar-refractivity contribution < 1.29 is 32.2 Å². The van der Waals surface area contributed by atoms with Crippen LogP contribution >= 0.6 is 11.8 Å². The number of carboxylic acids is 1. The second-order valence-corrected chi connectivity index (χ2v) is 4.60. The van der Waals surface area contributed by atoms with Crippen molar-refractivity contribution in [1.29, 1.82) is 0 Å². The molecule has 1 N–H and O–H groups in total. The fourth-order valence-electron chi connectivity index (χ4n) is 1.15. The molecule has 8 heteroatoms. The van der Waals surface area contributed by atoms with E-state index in [-0.39, 0.29) is 22.8 Å². The molecular formula is C11H10F4O3S. The first-order valence-corrected chi connectivity index (χ1v) is 6.08. The quantitative estimate of drug-likeness (QED) is 0.498. The molecule has 0 aliphatic carbocycles. The van der Waals surface area contributed by atoms with Gasteiger partial charge in [-0.05, 0) is 18.2 Å². The number of aromatic carboxylic acids is 1. The maximum Gasteiger partial charge on any atom is 0.411 e. The zero-order valence-electron chi connectivity index (χ0n) is 9.54. The standard InChI is InChI=1S/C11H10F4O3S/c12-8-2-1-7(10(16)17)5-9(8)19-4-3-18-6-11(13,14)15/h1-2,5H,3-4,6H2,(H,16,17). The fraction of sp³-hybridized carbons (Fsp3) is 0.364. The average molecular weight is 298 g/mol. The lowest BCUT2D eigenvalue weighted by atomic mass is 10.2. The Hall–Kier alpha value is -1.28. The molecule has 106 valence electrons. The summed E-state index contributed by atoms with van der Waals surface area (Å²) in [7, 11) is 0. The number of alkyl halides is 3. The lowest BCUT2D eigenvalue weighted by Gasteiger charge is -2.08. The monoisotopic (exact) mass is 298 g/mol. The van der Waals surface area contributed by atoms with E-state index in [1.807, 2.05) is 0 Å². The van der Waals surface area contributed by atoms with Crippen molar-refractivity contribution in [3.63, 3.8) is 0 Å². The smallest absolute Gasteiger partial charge is 0.411 e. The Morgan fingerprint density at radius 2 is 2.05 bits per heavy atom. The molecule has 1 rings (SSSR count). The minimum atomic E-state index is -4.39. The molecule has 3 nitrogen and oxygen atoms in total. The van der Waals surface area contributed by atoms with Crippen LogP contribution in [0.1, 0.15) is 10.4 Å². The molecule has 0 bridgehead atoms. The Labute approximate surface area is 110 Å². The topological polar surface area (TPSA) is 46.5 Å². The number of rotatable bonds is 6. The summed E-state index contributed by atoms with van der Waals surface area (Å²) < 4.78 is 52.9. The summed E-state index contributed by atoms with van der Waals surface area (Å²) in [6.45, 7) is -1.56. The Morgan fingerprint density at radius 1 is 1.37 bits per heavy atom. The molecule has 0 aliphatic rings. The highest BCUT2D eigenvalue weighted by atomic mass is 32.2. The second kappa shape index (κ2) is 6.76. The SMILES string of the molecule is O=C(O)c1ccc(F)c(SCCOCC(F)(F)F)c1. The van der Waals surface area contributed by atoms with Crippen molar-refractivity contribution in [3.8, 4) is 0 Å². The van der Waals surface area contributed by atoms with Gasteiger partial charge in [0.15, 0.2) is 0 Å². The third-order valence-electron chi connectivity index (χ3n) is 1.93. The van der Waals surface area contributed by atoms with E-state index in [1.165, 1.54) is 0 Å². The Balaban J connectivity index is 2.45. The lowest BCUT2D eigenvalue weighted by Crippen LogP contribution is -2.17. The maximum atomic E-state index is 13.3. The summed E-state index contributed by atoms with van der Waals surface area (Å²) in [5.41, 5.74) is -0.0832. The summed E-state index contributed by atoms with van der Waals surface area (Å²) in [4.78, 5) is 10.7. The molecule has 0 spiro atoms. The fourth-order valence-corrected chi connectivity index (χ4v) is 1.98. The van der Waals surface area contributed by atoms with Gasteiger partial charge in [-0.2, -0.15) is 13.2 Å².